The number of carbonyl (C=O) groups excluding carboxylic acids is 1. The highest BCUT2D eigenvalue weighted by Crippen LogP contribution is 2.10. The molecule has 0 aliphatic carbocycles. The highest BCUT2D eigenvalue weighted by molar-refractivity contribution is 5.97. The molecule has 0 saturated carbocycles. The number of ether oxygens (including phenoxy) is 2. The van der Waals surface area contributed by atoms with Crippen LogP contribution in [-0.2, 0) is 4.74 Å². The molecular weight excluding hydrogens is 278 g/mol. The number of para-hydroxylation sites is 1. The molecule has 0 heterocycles. The van der Waals surface area contributed by atoms with Gasteiger partial charge in [-0.15, -0.1) is 0 Å². The quantitative estimate of drug-likeness (QED) is 0.580. The van der Waals surface area contributed by atoms with Crippen molar-refractivity contribution in [3.05, 3.63) is 65.7 Å². The Labute approximate surface area is 121 Å². The van der Waals surface area contributed by atoms with Crippen LogP contribution in [0.25, 0.3) is 0 Å². The van der Waals surface area contributed by atoms with Crippen LogP contribution in [0.1, 0.15) is 10.4 Å². The molecular formula is C16H14F2O3. The summed E-state index contributed by atoms with van der Waals surface area (Å²) in [5, 5.41) is 0. The first-order chi connectivity index (χ1) is 10.2. The number of hydrogen-bond acceptors (Lipinski definition) is 3. The average Bonchev–Trinajstić information content (AvgIpc) is 2.50. The molecule has 0 aliphatic rings. The third-order valence-corrected chi connectivity index (χ3v) is 2.71. The smallest absolute Gasteiger partial charge is 0.188 e. The maximum absolute atomic E-state index is 13.0. The van der Waals surface area contributed by atoms with E-state index in [1.165, 1.54) is 6.07 Å². The molecule has 2 rings (SSSR count). The Bertz CT molecular complexity index is 600. The molecule has 0 saturated heterocycles. The molecule has 0 fully saturated rings. The Morgan fingerprint density at radius 2 is 1.71 bits per heavy atom. The Balaban J connectivity index is 1.71. The van der Waals surface area contributed by atoms with Crippen LogP contribution in [0, 0.1) is 11.6 Å². The van der Waals surface area contributed by atoms with E-state index in [0.29, 0.717) is 12.4 Å². The standard InChI is InChI=1S/C16H14F2O3/c17-14-7-6-12(10-15(14)18)16(19)11-20-8-9-21-13-4-2-1-3-5-13/h1-7,10H,8-9,11H2. The predicted octanol–water partition coefficient (Wildman–Crippen LogP) is 3.24. The minimum Gasteiger partial charge on any atom is -0.491 e. The maximum atomic E-state index is 13.0. The lowest BCUT2D eigenvalue weighted by Gasteiger charge is -2.07. The molecule has 0 radical (unpaired) electrons. The third kappa shape index (κ3) is 4.65. The Kier molecular flexibility index (Phi) is 5.40. The van der Waals surface area contributed by atoms with E-state index < -0.39 is 17.4 Å². The van der Waals surface area contributed by atoms with Gasteiger partial charge in [-0.05, 0) is 30.3 Å². The summed E-state index contributed by atoms with van der Waals surface area (Å²) < 4.78 is 36.3. The van der Waals surface area contributed by atoms with Crippen LogP contribution in [0.3, 0.4) is 0 Å². The van der Waals surface area contributed by atoms with Crippen LogP contribution in [0.2, 0.25) is 0 Å². The van der Waals surface area contributed by atoms with Gasteiger partial charge in [-0.2, -0.15) is 0 Å². The molecule has 2 aromatic rings. The zero-order valence-corrected chi connectivity index (χ0v) is 11.2. The molecule has 110 valence electrons. The topological polar surface area (TPSA) is 35.5 Å². The Hall–Kier alpha value is -2.27. The lowest BCUT2D eigenvalue weighted by Crippen LogP contribution is -2.14. The first kappa shape index (κ1) is 15.1. The monoisotopic (exact) mass is 292 g/mol. The van der Waals surface area contributed by atoms with Crippen molar-refractivity contribution in [3.8, 4) is 5.75 Å². The summed E-state index contributed by atoms with van der Waals surface area (Å²) in [6.45, 7) is 0.322. The third-order valence-electron chi connectivity index (χ3n) is 2.71. The van der Waals surface area contributed by atoms with Crippen LogP contribution in [0.5, 0.6) is 5.75 Å². The fourth-order valence-corrected chi connectivity index (χ4v) is 1.65. The van der Waals surface area contributed by atoms with Gasteiger partial charge < -0.3 is 9.47 Å². The molecule has 21 heavy (non-hydrogen) atoms. The van der Waals surface area contributed by atoms with E-state index in [4.69, 9.17) is 9.47 Å². The molecule has 5 heteroatoms. The van der Waals surface area contributed by atoms with Gasteiger partial charge in [-0.1, -0.05) is 18.2 Å². The summed E-state index contributed by atoms with van der Waals surface area (Å²) in [6, 6.07) is 12.2. The second kappa shape index (κ2) is 7.50. The number of rotatable bonds is 7. The van der Waals surface area contributed by atoms with Gasteiger partial charge in [0.25, 0.3) is 0 Å². The molecule has 2 aromatic carbocycles. The number of hydrogen-bond donors (Lipinski definition) is 0. The van der Waals surface area contributed by atoms with Crippen molar-refractivity contribution in [2.45, 2.75) is 0 Å². The molecule has 0 atom stereocenters. The van der Waals surface area contributed by atoms with Crippen molar-refractivity contribution in [1.29, 1.82) is 0 Å². The summed E-state index contributed by atoms with van der Waals surface area (Å²) in [6.07, 6.45) is 0. The zero-order valence-electron chi connectivity index (χ0n) is 11.2. The van der Waals surface area contributed by atoms with Gasteiger partial charge in [0, 0.05) is 5.56 Å². The van der Waals surface area contributed by atoms with Gasteiger partial charge in [0.2, 0.25) is 0 Å². The largest absolute Gasteiger partial charge is 0.491 e. The van der Waals surface area contributed by atoms with E-state index in [2.05, 4.69) is 0 Å². The molecule has 0 spiro atoms. The van der Waals surface area contributed by atoms with Crippen molar-refractivity contribution in [3.63, 3.8) is 0 Å². The molecule has 0 amide bonds. The normalized spacial score (nSPS) is 10.4. The minimum absolute atomic E-state index is 0.0814. The highest BCUT2D eigenvalue weighted by atomic mass is 19.2. The maximum Gasteiger partial charge on any atom is 0.188 e. The van der Waals surface area contributed by atoms with E-state index in [-0.39, 0.29) is 18.8 Å². The summed E-state index contributed by atoms with van der Waals surface area (Å²) >= 11 is 0. The fraction of sp³-hybridized carbons (Fsp3) is 0.188. The number of Topliss-reactive ketones (excluding diaryl/α,β-unsaturated/α-hetero) is 1. The molecule has 0 N–H and O–H groups in total. The van der Waals surface area contributed by atoms with Crippen molar-refractivity contribution < 1.29 is 23.0 Å². The number of benzene rings is 2. The number of halogens is 2. The second-order valence-corrected chi connectivity index (χ2v) is 4.27. The lowest BCUT2D eigenvalue weighted by atomic mass is 10.1. The van der Waals surface area contributed by atoms with Crippen molar-refractivity contribution in [2.75, 3.05) is 19.8 Å². The molecule has 0 bridgehead atoms. The zero-order chi connectivity index (χ0) is 15.1. The van der Waals surface area contributed by atoms with Crippen LogP contribution in [-0.4, -0.2) is 25.6 Å². The van der Waals surface area contributed by atoms with E-state index in [0.717, 1.165) is 12.1 Å². The van der Waals surface area contributed by atoms with Gasteiger partial charge in [0.1, 0.15) is 19.0 Å². The van der Waals surface area contributed by atoms with Gasteiger partial charge in [0.05, 0.1) is 6.61 Å². The highest BCUT2D eigenvalue weighted by Gasteiger charge is 2.09. The molecule has 0 aliphatic heterocycles. The van der Waals surface area contributed by atoms with E-state index in [1.54, 1.807) is 0 Å². The molecule has 0 aromatic heterocycles. The lowest BCUT2D eigenvalue weighted by molar-refractivity contribution is 0.0687. The van der Waals surface area contributed by atoms with E-state index >= 15 is 0 Å². The van der Waals surface area contributed by atoms with Crippen molar-refractivity contribution >= 4 is 5.78 Å². The van der Waals surface area contributed by atoms with Crippen LogP contribution in [0.15, 0.2) is 48.5 Å². The molecule has 0 unspecified atom stereocenters. The molecule has 3 nitrogen and oxygen atoms in total. The summed E-state index contributed by atoms with van der Waals surface area (Å²) in [5.74, 6) is -1.72. The van der Waals surface area contributed by atoms with Gasteiger partial charge >= 0.3 is 0 Å². The summed E-state index contributed by atoms with van der Waals surface area (Å²) in [4.78, 5) is 11.7. The minimum atomic E-state index is -1.05. The van der Waals surface area contributed by atoms with Gasteiger partial charge in [0.15, 0.2) is 17.4 Å². The summed E-state index contributed by atoms with van der Waals surface area (Å²) in [5.41, 5.74) is 0.0814. The van der Waals surface area contributed by atoms with E-state index in [1.807, 2.05) is 30.3 Å². The van der Waals surface area contributed by atoms with Crippen LogP contribution >= 0.6 is 0 Å². The fourth-order valence-electron chi connectivity index (χ4n) is 1.65. The number of carbonyl (C=O) groups is 1. The Morgan fingerprint density at radius 3 is 2.43 bits per heavy atom. The van der Waals surface area contributed by atoms with Crippen molar-refractivity contribution in [1.82, 2.24) is 0 Å². The summed E-state index contributed by atoms with van der Waals surface area (Å²) in [7, 11) is 0. The Morgan fingerprint density at radius 1 is 0.952 bits per heavy atom. The van der Waals surface area contributed by atoms with Crippen molar-refractivity contribution in [2.24, 2.45) is 0 Å². The SMILES string of the molecule is O=C(COCCOc1ccccc1)c1ccc(F)c(F)c1. The van der Waals surface area contributed by atoms with Crippen LogP contribution in [0.4, 0.5) is 8.78 Å². The average molecular weight is 292 g/mol. The van der Waals surface area contributed by atoms with Gasteiger partial charge in [-0.3, -0.25) is 4.79 Å². The van der Waals surface area contributed by atoms with Gasteiger partial charge in [-0.25, -0.2) is 8.78 Å². The predicted molar refractivity (Wildman–Crippen MR) is 73.4 cm³/mol. The van der Waals surface area contributed by atoms with Crippen LogP contribution < -0.4 is 4.74 Å². The second-order valence-electron chi connectivity index (χ2n) is 4.27. The number of ketones is 1. The first-order valence-electron chi connectivity index (χ1n) is 6.40. The first-order valence-corrected chi connectivity index (χ1v) is 6.40. The van der Waals surface area contributed by atoms with E-state index in [9.17, 15) is 13.6 Å².